The Bertz CT molecular complexity index is 842. The number of nitrogens with zero attached hydrogens (tertiary/aromatic N) is 2. The molecule has 1 aliphatic rings. The fraction of sp³-hybridized carbons (Fsp3) is 0.190. The first-order chi connectivity index (χ1) is 11.8. The van der Waals surface area contributed by atoms with Crippen LogP contribution in [0.5, 0.6) is 5.75 Å². The molecule has 0 N–H and O–H groups in total. The summed E-state index contributed by atoms with van der Waals surface area (Å²) >= 11 is 0. The number of aryl methyl sites for hydroxylation is 1. The second-order valence-corrected chi connectivity index (χ2v) is 6.18. The maximum atomic E-state index is 5.93. The quantitative estimate of drug-likeness (QED) is 0.700. The number of benzene rings is 2. The summed E-state index contributed by atoms with van der Waals surface area (Å²) in [6, 6.07) is 19.0. The summed E-state index contributed by atoms with van der Waals surface area (Å²) in [5, 5.41) is 0. The number of ether oxygens (including phenoxy) is 1. The Kier molecular flexibility index (Phi) is 3.91. The van der Waals surface area contributed by atoms with Crippen LogP contribution in [0, 0.1) is 6.92 Å². The number of fused-ring (bicyclic) bond motifs is 1. The molecule has 0 saturated heterocycles. The van der Waals surface area contributed by atoms with Crippen LogP contribution in [-0.2, 0) is 13.0 Å². The van der Waals surface area contributed by atoms with Gasteiger partial charge in [0.15, 0.2) is 0 Å². The molecule has 3 heteroatoms. The van der Waals surface area contributed by atoms with Crippen molar-refractivity contribution in [2.75, 3.05) is 11.4 Å². The number of hydrogen-bond donors (Lipinski definition) is 0. The molecule has 0 bridgehead atoms. The van der Waals surface area contributed by atoms with Crippen molar-refractivity contribution in [1.29, 1.82) is 0 Å². The van der Waals surface area contributed by atoms with Crippen LogP contribution in [0.4, 0.5) is 11.4 Å². The average molecular weight is 316 g/mol. The van der Waals surface area contributed by atoms with E-state index in [1.165, 1.54) is 16.8 Å². The highest BCUT2D eigenvalue weighted by Crippen LogP contribution is 2.35. The Morgan fingerprint density at radius 1 is 1.04 bits per heavy atom. The smallest absolute Gasteiger partial charge is 0.140 e. The van der Waals surface area contributed by atoms with Crippen molar-refractivity contribution in [3.63, 3.8) is 0 Å². The largest absolute Gasteiger partial charge is 0.487 e. The van der Waals surface area contributed by atoms with E-state index in [4.69, 9.17) is 4.74 Å². The van der Waals surface area contributed by atoms with Crippen molar-refractivity contribution in [2.24, 2.45) is 0 Å². The molecule has 0 aliphatic carbocycles. The van der Waals surface area contributed by atoms with Crippen LogP contribution in [0.25, 0.3) is 0 Å². The van der Waals surface area contributed by atoms with Gasteiger partial charge in [-0.1, -0.05) is 48.0 Å². The molecule has 1 aliphatic heterocycles. The molecule has 0 fully saturated rings. The lowest BCUT2D eigenvalue weighted by molar-refractivity contribution is 0.305. The lowest BCUT2D eigenvalue weighted by Crippen LogP contribution is -2.13. The maximum Gasteiger partial charge on any atom is 0.140 e. The highest BCUT2D eigenvalue weighted by molar-refractivity contribution is 5.69. The van der Waals surface area contributed by atoms with Crippen molar-refractivity contribution < 1.29 is 4.74 Å². The van der Waals surface area contributed by atoms with Gasteiger partial charge >= 0.3 is 0 Å². The molecule has 4 rings (SSSR count). The van der Waals surface area contributed by atoms with E-state index in [9.17, 15) is 0 Å². The highest BCUT2D eigenvalue weighted by atomic mass is 16.5. The van der Waals surface area contributed by atoms with Crippen LogP contribution in [0.3, 0.4) is 0 Å². The van der Waals surface area contributed by atoms with E-state index in [1.54, 1.807) is 6.20 Å². The monoisotopic (exact) mass is 316 g/mol. The van der Waals surface area contributed by atoms with Gasteiger partial charge in [0, 0.05) is 18.3 Å². The SMILES string of the molecule is Cc1ccc(COc2cncc(N3CCc4ccccc43)c2)cc1. The van der Waals surface area contributed by atoms with Gasteiger partial charge < -0.3 is 9.64 Å². The van der Waals surface area contributed by atoms with Gasteiger partial charge in [0.2, 0.25) is 0 Å². The Hall–Kier alpha value is -2.81. The van der Waals surface area contributed by atoms with E-state index in [0.29, 0.717) is 6.61 Å². The van der Waals surface area contributed by atoms with Crippen LogP contribution in [0.1, 0.15) is 16.7 Å². The van der Waals surface area contributed by atoms with Gasteiger partial charge in [0.05, 0.1) is 18.1 Å². The molecule has 0 saturated carbocycles. The minimum Gasteiger partial charge on any atom is -0.487 e. The second-order valence-electron chi connectivity index (χ2n) is 6.18. The number of anilines is 2. The van der Waals surface area contributed by atoms with Crippen molar-refractivity contribution >= 4 is 11.4 Å². The van der Waals surface area contributed by atoms with Gasteiger partial charge in [-0.3, -0.25) is 4.98 Å². The molecular weight excluding hydrogens is 296 g/mol. The van der Waals surface area contributed by atoms with Crippen molar-refractivity contribution in [3.8, 4) is 5.75 Å². The summed E-state index contributed by atoms with van der Waals surface area (Å²) in [5.74, 6) is 0.803. The van der Waals surface area contributed by atoms with Gasteiger partial charge in [-0.2, -0.15) is 0 Å². The Morgan fingerprint density at radius 3 is 2.75 bits per heavy atom. The molecule has 120 valence electrons. The first-order valence-electron chi connectivity index (χ1n) is 8.28. The minimum atomic E-state index is 0.558. The molecule has 1 aromatic heterocycles. The third-order valence-corrected chi connectivity index (χ3v) is 4.42. The summed E-state index contributed by atoms with van der Waals surface area (Å²) in [5.41, 5.74) is 6.17. The zero-order chi connectivity index (χ0) is 16.4. The van der Waals surface area contributed by atoms with Crippen LogP contribution in [0.15, 0.2) is 67.0 Å². The van der Waals surface area contributed by atoms with Crippen molar-refractivity contribution in [3.05, 3.63) is 83.7 Å². The van der Waals surface area contributed by atoms with E-state index < -0.39 is 0 Å². The Balaban J connectivity index is 1.51. The summed E-state index contributed by atoms with van der Waals surface area (Å²) in [6.45, 7) is 3.64. The maximum absolute atomic E-state index is 5.93. The highest BCUT2D eigenvalue weighted by Gasteiger charge is 2.20. The first-order valence-corrected chi connectivity index (χ1v) is 8.28. The van der Waals surface area contributed by atoms with Crippen molar-refractivity contribution in [1.82, 2.24) is 4.98 Å². The van der Waals surface area contributed by atoms with Gasteiger partial charge in [-0.25, -0.2) is 0 Å². The molecule has 0 spiro atoms. The number of para-hydroxylation sites is 1. The van der Waals surface area contributed by atoms with E-state index in [-0.39, 0.29) is 0 Å². The fourth-order valence-electron chi connectivity index (χ4n) is 3.09. The topological polar surface area (TPSA) is 25.4 Å². The minimum absolute atomic E-state index is 0.558. The zero-order valence-corrected chi connectivity index (χ0v) is 13.8. The van der Waals surface area contributed by atoms with Crippen LogP contribution in [0.2, 0.25) is 0 Å². The van der Waals surface area contributed by atoms with Crippen molar-refractivity contribution in [2.45, 2.75) is 20.0 Å². The molecule has 3 nitrogen and oxygen atoms in total. The third kappa shape index (κ3) is 2.98. The van der Waals surface area contributed by atoms with Gasteiger partial charge in [-0.15, -0.1) is 0 Å². The van der Waals surface area contributed by atoms with Gasteiger partial charge in [-0.05, 0) is 30.5 Å². The summed E-state index contributed by atoms with van der Waals surface area (Å²) < 4.78 is 5.93. The Labute approximate surface area is 142 Å². The third-order valence-electron chi connectivity index (χ3n) is 4.42. The number of hydrogen-bond acceptors (Lipinski definition) is 3. The lowest BCUT2D eigenvalue weighted by atomic mass is 10.2. The van der Waals surface area contributed by atoms with Gasteiger partial charge in [0.1, 0.15) is 12.4 Å². The molecule has 24 heavy (non-hydrogen) atoms. The predicted molar refractivity (Wildman–Crippen MR) is 96.9 cm³/mol. The fourth-order valence-corrected chi connectivity index (χ4v) is 3.09. The zero-order valence-electron chi connectivity index (χ0n) is 13.8. The molecule has 0 unspecified atom stereocenters. The second kappa shape index (κ2) is 6.36. The molecule has 2 heterocycles. The van der Waals surface area contributed by atoms with Crippen LogP contribution >= 0.6 is 0 Å². The Morgan fingerprint density at radius 2 is 1.88 bits per heavy atom. The molecule has 0 amide bonds. The van der Waals surface area contributed by atoms with E-state index >= 15 is 0 Å². The van der Waals surface area contributed by atoms with E-state index in [2.05, 4.69) is 71.4 Å². The molecule has 0 atom stereocenters. The number of aromatic nitrogens is 1. The lowest BCUT2D eigenvalue weighted by Gasteiger charge is -2.19. The molecule has 3 aromatic rings. The van der Waals surface area contributed by atoms with Crippen LogP contribution in [-0.4, -0.2) is 11.5 Å². The normalized spacial score (nSPS) is 13.0. The standard InChI is InChI=1S/C21H20N2O/c1-16-6-8-17(9-7-16)15-24-20-12-19(13-22-14-20)23-11-10-18-4-2-3-5-21(18)23/h2-9,12-14H,10-11,15H2,1H3. The van der Waals surface area contributed by atoms with Gasteiger partial charge in [0.25, 0.3) is 0 Å². The molecule has 0 radical (unpaired) electrons. The number of pyridine rings is 1. The average Bonchev–Trinajstić information content (AvgIpc) is 3.06. The summed E-state index contributed by atoms with van der Waals surface area (Å²) in [6.07, 6.45) is 4.76. The number of rotatable bonds is 4. The first kappa shape index (κ1) is 14.8. The van der Waals surface area contributed by atoms with E-state index in [1.807, 2.05) is 6.20 Å². The molecule has 2 aromatic carbocycles. The van der Waals surface area contributed by atoms with E-state index in [0.717, 1.165) is 30.0 Å². The predicted octanol–water partition coefficient (Wildman–Crippen LogP) is 4.66. The van der Waals surface area contributed by atoms with Crippen LogP contribution < -0.4 is 9.64 Å². The summed E-state index contributed by atoms with van der Waals surface area (Å²) in [4.78, 5) is 6.67. The summed E-state index contributed by atoms with van der Waals surface area (Å²) in [7, 11) is 0. The molecular formula is C21H20N2O.